The first-order chi connectivity index (χ1) is 17.6. The van der Waals surface area contributed by atoms with Crippen LogP contribution in [0.1, 0.15) is 27.7 Å². The highest BCUT2D eigenvalue weighted by Gasteiger charge is 2.21. The number of aromatic nitrogens is 2. The summed E-state index contributed by atoms with van der Waals surface area (Å²) in [5, 5.41) is 15.5. The molecule has 2 aromatic heterocycles. The van der Waals surface area contributed by atoms with E-state index in [4.69, 9.17) is 26.3 Å². The Bertz CT molecular complexity index is 1370. The highest BCUT2D eigenvalue weighted by Crippen LogP contribution is 2.33. The lowest BCUT2D eigenvalue weighted by Crippen LogP contribution is -2.36. The Morgan fingerprint density at radius 3 is 2.67 bits per heavy atom. The van der Waals surface area contributed by atoms with Crippen molar-refractivity contribution in [1.29, 1.82) is 0 Å². The minimum absolute atomic E-state index is 0.289. The van der Waals surface area contributed by atoms with E-state index in [2.05, 4.69) is 38.0 Å². The van der Waals surface area contributed by atoms with Crippen molar-refractivity contribution in [3.8, 4) is 0 Å². The molecule has 2 aromatic carbocycles. The van der Waals surface area contributed by atoms with Crippen LogP contribution in [0.3, 0.4) is 0 Å². The van der Waals surface area contributed by atoms with Crippen LogP contribution in [-0.4, -0.2) is 54.3 Å². The van der Waals surface area contributed by atoms with E-state index in [1.54, 1.807) is 6.92 Å². The van der Waals surface area contributed by atoms with Gasteiger partial charge in [0.1, 0.15) is 5.00 Å². The molecule has 36 heavy (non-hydrogen) atoms. The van der Waals surface area contributed by atoms with Gasteiger partial charge in [0.05, 0.1) is 36.8 Å². The summed E-state index contributed by atoms with van der Waals surface area (Å²) in [5.41, 5.74) is 4.42. The number of nitrogens with zero attached hydrogens (tertiary/aromatic N) is 3. The molecule has 0 bridgehead atoms. The second kappa shape index (κ2) is 11.0. The van der Waals surface area contributed by atoms with E-state index >= 15 is 0 Å². The molecule has 9 nitrogen and oxygen atoms in total. The van der Waals surface area contributed by atoms with Gasteiger partial charge >= 0.3 is 5.97 Å². The molecule has 4 aromatic rings. The maximum absolute atomic E-state index is 12.6. The monoisotopic (exact) mass is 523 g/mol. The number of esters is 1. The third-order valence-electron chi connectivity index (χ3n) is 5.72. The minimum Gasteiger partial charge on any atom is -0.462 e. The van der Waals surface area contributed by atoms with Crippen molar-refractivity contribution in [2.75, 3.05) is 48.4 Å². The van der Waals surface area contributed by atoms with Crippen LogP contribution in [0.25, 0.3) is 11.0 Å². The fraction of sp³-hybridized carbons (Fsp3) is 0.280. The Morgan fingerprint density at radius 2 is 1.89 bits per heavy atom. The molecule has 0 unspecified atom stereocenters. The van der Waals surface area contributed by atoms with Crippen LogP contribution in [0.2, 0.25) is 0 Å². The summed E-state index contributed by atoms with van der Waals surface area (Å²) in [7, 11) is 0. The van der Waals surface area contributed by atoms with Gasteiger partial charge in [0.15, 0.2) is 16.1 Å². The molecule has 5 rings (SSSR count). The van der Waals surface area contributed by atoms with Crippen molar-refractivity contribution < 1.29 is 18.9 Å². The predicted molar refractivity (Wildman–Crippen MR) is 144 cm³/mol. The largest absolute Gasteiger partial charge is 0.462 e. The molecule has 1 fully saturated rings. The summed E-state index contributed by atoms with van der Waals surface area (Å²) in [4.78, 5) is 15.9. The Morgan fingerprint density at radius 1 is 1.11 bits per heavy atom. The van der Waals surface area contributed by atoms with Gasteiger partial charge in [0.2, 0.25) is 0 Å². The number of thiophene rings is 1. The molecule has 1 aliphatic heterocycles. The quantitative estimate of drug-likeness (QED) is 0.262. The molecule has 2 N–H and O–H groups in total. The standard InChI is InChI=1S/C25H25N5O4S2/c1-2-33-24(31)18-15-17(14-16-6-4-3-5-7-16)36-23(18)27-25(35)26-19-8-9-20(22-21(19)28-34-29-22)30-10-12-32-13-11-30/h3-9,15H,2,10-14H2,1H3,(H2,26,27,35). The average molecular weight is 524 g/mol. The van der Waals surface area contributed by atoms with Crippen LogP contribution >= 0.6 is 23.6 Å². The number of nitrogens with one attached hydrogen (secondary N) is 2. The number of rotatable bonds is 7. The lowest BCUT2D eigenvalue weighted by Gasteiger charge is -2.28. The van der Waals surface area contributed by atoms with Gasteiger partial charge in [-0.25, -0.2) is 9.42 Å². The molecule has 186 valence electrons. The second-order valence-electron chi connectivity index (χ2n) is 8.11. The Balaban J connectivity index is 1.36. The molecule has 1 saturated heterocycles. The van der Waals surface area contributed by atoms with Crippen molar-refractivity contribution in [2.45, 2.75) is 13.3 Å². The first-order valence-corrected chi connectivity index (χ1v) is 12.8. The number of morpholine rings is 1. The summed E-state index contributed by atoms with van der Waals surface area (Å²) in [6.45, 7) is 4.95. The molecule has 0 spiro atoms. The van der Waals surface area contributed by atoms with E-state index in [1.165, 1.54) is 11.3 Å². The van der Waals surface area contributed by atoms with Crippen LogP contribution in [0.4, 0.5) is 16.4 Å². The van der Waals surface area contributed by atoms with Crippen LogP contribution < -0.4 is 15.5 Å². The maximum Gasteiger partial charge on any atom is 0.341 e. The van der Waals surface area contributed by atoms with E-state index in [0.717, 1.165) is 29.2 Å². The Kier molecular flexibility index (Phi) is 7.40. The van der Waals surface area contributed by atoms with Crippen molar-refractivity contribution >= 4 is 62.0 Å². The third kappa shape index (κ3) is 5.32. The summed E-state index contributed by atoms with van der Waals surface area (Å²) in [6, 6.07) is 15.8. The average Bonchev–Trinajstić information content (AvgIpc) is 3.53. The summed E-state index contributed by atoms with van der Waals surface area (Å²) >= 11 is 7.06. The van der Waals surface area contributed by atoms with Gasteiger partial charge in [-0.05, 0) is 53.2 Å². The molecule has 0 saturated carbocycles. The van der Waals surface area contributed by atoms with Gasteiger partial charge in [-0.3, -0.25) is 0 Å². The number of carbonyl (C=O) groups excluding carboxylic acids is 1. The molecule has 0 atom stereocenters. The van der Waals surface area contributed by atoms with Crippen LogP contribution in [0.15, 0.2) is 53.2 Å². The number of carbonyl (C=O) groups is 1. The highest BCUT2D eigenvalue weighted by atomic mass is 32.1. The zero-order chi connectivity index (χ0) is 24.9. The number of anilines is 3. The number of hydrogen-bond acceptors (Lipinski definition) is 9. The Hall–Kier alpha value is -3.54. The van der Waals surface area contributed by atoms with E-state index in [-0.39, 0.29) is 6.61 Å². The maximum atomic E-state index is 12.6. The van der Waals surface area contributed by atoms with Gasteiger partial charge < -0.3 is 25.0 Å². The van der Waals surface area contributed by atoms with E-state index in [9.17, 15) is 4.79 Å². The molecule has 11 heteroatoms. The molecule has 0 radical (unpaired) electrons. The highest BCUT2D eigenvalue weighted by molar-refractivity contribution is 7.80. The zero-order valence-electron chi connectivity index (χ0n) is 19.7. The summed E-state index contributed by atoms with van der Waals surface area (Å²) in [5.74, 6) is -0.392. The van der Waals surface area contributed by atoms with Gasteiger partial charge in [-0.1, -0.05) is 30.3 Å². The summed E-state index contributed by atoms with van der Waals surface area (Å²) in [6.07, 6.45) is 0.702. The van der Waals surface area contributed by atoms with Crippen molar-refractivity contribution in [3.63, 3.8) is 0 Å². The zero-order valence-corrected chi connectivity index (χ0v) is 21.3. The van der Waals surface area contributed by atoms with Gasteiger partial charge in [-0.2, -0.15) is 0 Å². The van der Waals surface area contributed by atoms with Crippen molar-refractivity contribution in [1.82, 2.24) is 10.3 Å². The molecular formula is C25H25N5O4S2. The van der Waals surface area contributed by atoms with Gasteiger partial charge in [-0.15, -0.1) is 11.3 Å². The lowest BCUT2D eigenvalue weighted by atomic mass is 10.1. The molecule has 3 heterocycles. The first-order valence-electron chi connectivity index (χ1n) is 11.6. The van der Waals surface area contributed by atoms with Gasteiger partial charge in [0.25, 0.3) is 0 Å². The Labute approximate surface area is 217 Å². The number of fused-ring (bicyclic) bond motifs is 1. The fourth-order valence-electron chi connectivity index (χ4n) is 4.05. The smallest absolute Gasteiger partial charge is 0.341 e. The van der Waals surface area contributed by atoms with Crippen molar-refractivity contribution in [2.24, 2.45) is 0 Å². The van der Waals surface area contributed by atoms with Crippen LogP contribution in [0.5, 0.6) is 0 Å². The lowest BCUT2D eigenvalue weighted by molar-refractivity contribution is 0.0528. The van der Waals surface area contributed by atoms with E-state index in [1.807, 2.05) is 36.4 Å². The first kappa shape index (κ1) is 24.2. The summed E-state index contributed by atoms with van der Waals surface area (Å²) < 4.78 is 15.8. The topological polar surface area (TPSA) is 102 Å². The van der Waals surface area contributed by atoms with E-state index in [0.29, 0.717) is 52.0 Å². The third-order valence-corrected chi connectivity index (χ3v) is 6.98. The van der Waals surface area contributed by atoms with E-state index < -0.39 is 5.97 Å². The normalized spacial score (nSPS) is 13.5. The predicted octanol–water partition coefficient (Wildman–Crippen LogP) is 4.70. The minimum atomic E-state index is -0.392. The number of ether oxygens (including phenoxy) is 2. The molecular weight excluding hydrogens is 498 g/mol. The fourth-order valence-corrected chi connectivity index (χ4v) is 5.41. The number of hydrogen-bond donors (Lipinski definition) is 2. The SMILES string of the molecule is CCOC(=O)c1cc(Cc2ccccc2)sc1NC(=S)Nc1ccc(N2CCOCC2)c2nonc12. The molecule has 0 amide bonds. The van der Waals surface area contributed by atoms with Crippen LogP contribution in [0, 0.1) is 0 Å². The van der Waals surface area contributed by atoms with Crippen molar-refractivity contribution in [3.05, 3.63) is 64.5 Å². The number of benzene rings is 2. The number of thiocarbonyl (C=S) groups is 1. The van der Waals surface area contributed by atoms with Crippen LogP contribution in [-0.2, 0) is 15.9 Å². The second-order valence-corrected chi connectivity index (χ2v) is 9.66. The molecule has 0 aliphatic carbocycles. The van der Waals surface area contributed by atoms with Gasteiger partial charge in [0, 0.05) is 24.4 Å². The molecule has 1 aliphatic rings.